The average molecular weight is 287 g/mol. The van der Waals surface area contributed by atoms with Crippen molar-refractivity contribution in [1.29, 1.82) is 0 Å². The molecule has 13 heavy (non-hydrogen) atoms. The third-order valence-electron chi connectivity index (χ3n) is 1.83. The molecule has 2 aromatic rings. The number of pyridine rings is 1. The molecule has 1 aromatic heterocycles. The van der Waals surface area contributed by atoms with E-state index in [1.54, 1.807) is 6.07 Å². The Balaban J connectivity index is 3.02. The molecule has 2 N–H and O–H groups in total. The molecule has 0 saturated heterocycles. The molecule has 0 spiro atoms. The molecule has 0 radical (unpaired) electrons. The van der Waals surface area contributed by atoms with Crippen LogP contribution in [0.4, 0.5) is 0 Å². The summed E-state index contributed by atoms with van der Waals surface area (Å²) >= 11 is 1.96. The van der Waals surface area contributed by atoms with Crippen LogP contribution < -0.4 is 5.56 Å². The monoisotopic (exact) mass is 287 g/mol. The van der Waals surface area contributed by atoms with E-state index in [1.165, 1.54) is 0 Å². The Kier molecular flexibility index (Phi) is 1.99. The number of hydrogen-bond donors (Lipinski definition) is 2. The van der Waals surface area contributed by atoms with Gasteiger partial charge in [0.05, 0.1) is 3.57 Å². The summed E-state index contributed by atoms with van der Waals surface area (Å²) < 4.78 is 0.594. The zero-order valence-corrected chi connectivity index (χ0v) is 8.70. The zero-order valence-electron chi connectivity index (χ0n) is 6.54. The van der Waals surface area contributed by atoms with Gasteiger partial charge in [-0.15, -0.1) is 0 Å². The van der Waals surface area contributed by atoms with Crippen LogP contribution in [-0.4, -0.2) is 10.1 Å². The van der Waals surface area contributed by atoms with E-state index in [0.29, 0.717) is 3.57 Å². The third-order valence-corrected chi connectivity index (χ3v) is 2.93. The predicted molar refractivity (Wildman–Crippen MR) is 59.0 cm³/mol. The van der Waals surface area contributed by atoms with E-state index in [9.17, 15) is 9.90 Å². The maximum Gasteiger partial charge on any atom is 0.291 e. The highest BCUT2D eigenvalue weighted by Crippen LogP contribution is 2.23. The number of fused-ring (bicyclic) bond motifs is 1. The Morgan fingerprint density at radius 2 is 2.00 bits per heavy atom. The maximum absolute atomic E-state index is 11.1. The van der Waals surface area contributed by atoms with Crippen molar-refractivity contribution < 1.29 is 5.11 Å². The summed E-state index contributed by atoms with van der Waals surface area (Å²) in [6.07, 6.45) is 0. The van der Waals surface area contributed by atoms with Gasteiger partial charge in [-0.3, -0.25) is 4.79 Å². The number of halogens is 1. The standard InChI is InChI=1S/C9H6INO2/c10-7-5-3-1-2-4-6(5)11-9(13)8(7)12/h1-4,12H,(H,11,13). The molecule has 1 aromatic carbocycles. The number of aromatic nitrogens is 1. The number of para-hydroxylation sites is 1. The minimum atomic E-state index is -0.442. The summed E-state index contributed by atoms with van der Waals surface area (Å²) in [4.78, 5) is 13.7. The molecule has 0 fully saturated rings. The zero-order chi connectivity index (χ0) is 9.42. The number of benzene rings is 1. The van der Waals surface area contributed by atoms with Crippen LogP contribution in [0.1, 0.15) is 0 Å². The Morgan fingerprint density at radius 3 is 2.77 bits per heavy atom. The van der Waals surface area contributed by atoms with Gasteiger partial charge in [0.25, 0.3) is 5.56 Å². The van der Waals surface area contributed by atoms with Gasteiger partial charge in [0.2, 0.25) is 0 Å². The van der Waals surface area contributed by atoms with Crippen molar-refractivity contribution in [2.75, 3.05) is 0 Å². The second-order valence-electron chi connectivity index (χ2n) is 2.66. The van der Waals surface area contributed by atoms with E-state index in [-0.39, 0.29) is 5.75 Å². The van der Waals surface area contributed by atoms with Crippen LogP contribution >= 0.6 is 22.6 Å². The van der Waals surface area contributed by atoms with Crippen LogP contribution in [0.15, 0.2) is 29.1 Å². The molecule has 1 heterocycles. The lowest BCUT2D eigenvalue weighted by Crippen LogP contribution is -2.06. The summed E-state index contributed by atoms with van der Waals surface area (Å²) in [7, 11) is 0. The van der Waals surface area contributed by atoms with E-state index in [4.69, 9.17) is 0 Å². The van der Waals surface area contributed by atoms with Gasteiger partial charge in [-0.1, -0.05) is 18.2 Å². The third kappa shape index (κ3) is 1.31. The first-order chi connectivity index (χ1) is 6.20. The molecule has 0 saturated carbocycles. The van der Waals surface area contributed by atoms with E-state index >= 15 is 0 Å². The van der Waals surface area contributed by atoms with Crippen LogP contribution in [0.3, 0.4) is 0 Å². The summed E-state index contributed by atoms with van der Waals surface area (Å²) in [5.74, 6) is -0.209. The minimum Gasteiger partial charge on any atom is -0.502 e. The van der Waals surface area contributed by atoms with Crippen molar-refractivity contribution in [3.05, 3.63) is 38.2 Å². The number of aromatic hydroxyl groups is 1. The summed E-state index contributed by atoms with van der Waals surface area (Å²) in [5.41, 5.74) is 0.304. The van der Waals surface area contributed by atoms with Gasteiger partial charge in [-0.05, 0) is 28.7 Å². The van der Waals surface area contributed by atoms with Crippen molar-refractivity contribution in [3.8, 4) is 5.75 Å². The molecule has 0 amide bonds. The van der Waals surface area contributed by atoms with Crippen molar-refractivity contribution in [1.82, 2.24) is 4.98 Å². The highest BCUT2D eigenvalue weighted by atomic mass is 127. The molecule has 4 heteroatoms. The van der Waals surface area contributed by atoms with E-state index in [2.05, 4.69) is 4.98 Å². The van der Waals surface area contributed by atoms with Crippen molar-refractivity contribution in [2.24, 2.45) is 0 Å². The number of H-pyrrole nitrogens is 1. The Hall–Kier alpha value is -1.04. The van der Waals surface area contributed by atoms with Gasteiger partial charge >= 0.3 is 0 Å². The fourth-order valence-corrected chi connectivity index (χ4v) is 1.91. The largest absolute Gasteiger partial charge is 0.502 e. The van der Waals surface area contributed by atoms with Crippen LogP contribution in [0.5, 0.6) is 5.75 Å². The first kappa shape index (κ1) is 8.55. The van der Waals surface area contributed by atoms with Crippen molar-refractivity contribution >= 4 is 33.5 Å². The molecule has 2 rings (SSSR count). The summed E-state index contributed by atoms with van der Waals surface area (Å²) in [5, 5.41) is 10.2. The molecular weight excluding hydrogens is 281 g/mol. The normalized spacial score (nSPS) is 10.5. The predicted octanol–water partition coefficient (Wildman–Crippen LogP) is 1.84. The van der Waals surface area contributed by atoms with Gasteiger partial charge in [0.15, 0.2) is 5.75 Å². The smallest absolute Gasteiger partial charge is 0.291 e. The van der Waals surface area contributed by atoms with Crippen LogP contribution in [0, 0.1) is 3.57 Å². The average Bonchev–Trinajstić information content (AvgIpc) is 2.15. The number of aromatic amines is 1. The molecule has 0 atom stereocenters. The molecule has 66 valence electrons. The number of nitrogens with one attached hydrogen (secondary N) is 1. The van der Waals surface area contributed by atoms with E-state index in [0.717, 1.165) is 10.9 Å². The molecular formula is C9H6INO2. The highest BCUT2D eigenvalue weighted by molar-refractivity contribution is 14.1. The van der Waals surface area contributed by atoms with E-state index in [1.807, 2.05) is 40.8 Å². The van der Waals surface area contributed by atoms with Crippen LogP contribution in [0.25, 0.3) is 10.9 Å². The SMILES string of the molecule is O=c1[nH]c2ccccc2c(I)c1O. The van der Waals surface area contributed by atoms with Crippen molar-refractivity contribution in [3.63, 3.8) is 0 Å². The van der Waals surface area contributed by atoms with Crippen LogP contribution in [0.2, 0.25) is 0 Å². The minimum absolute atomic E-state index is 0.209. The van der Waals surface area contributed by atoms with Gasteiger partial charge < -0.3 is 10.1 Å². The van der Waals surface area contributed by atoms with Gasteiger partial charge in [-0.2, -0.15) is 0 Å². The number of rotatable bonds is 0. The second-order valence-corrected chi connectivity index (χ2v) is 3.74. The van der Waals surface area contributed by atoms with Gasteiger partial charge in [0.1, 0.15) is 0 Å². The highest BCUT2D eigenvalue weighted by Gasteiger charge is 2.07. The fourth-order valence-electron chi connectivity index (χ4n) is 1.19. The maximum atomic E-state index is 11.1. The Morgan fingerprint density at radius 1 is 1.31 bits per heavy atom. The lowest BCUT2D eigenvalue weighted by atomic mass is 10.2. The lowest BCUT2D eigenvalue weighted by molar-refractivity contribution is 0.464. The quantitative estimate of drug-likeness (QED) is 0.726. The van der Waals surface area contributed by atoms with Crippen molar-refractivity contribution in [2.45, 2.75) is 0 Å². The second kappa shape index (κ2) is 3.02. The molecule has 0 aliphatic rings. The van der Waals surface area contributed by atoms with Gasteiger partial charge in [0, 0.05) is 10.9 Å². The first-order valence-corrected chi connectivity index (χ1v) is 4.77. The molecule has 0 bridgehead atoms. The molecule has 0 aliphatic heterocycles. The summed E-state index contributed by atoms with van der Waals surface area (Å²) in [6, 6.07) is 7.36. The molecule has 0 unspecified atom stereocenters. The molecule has 0 aliphatic carbocycles. The Labute approximate surface area is 87.6 Å². The first-order valence-electron chi connectivity index (χ1n) is 3.69. The Bertz CT molecular complexity index is 518. The van der Waals surface area contributed by atoms with Crippen LogP contribution in [-0.2, 0) is 0 Å². The van der Waals surface area contributed by atoms with Gasteiger partial charge in [-0.25, -0.2) is 0 Å². The summed E-state index contributed by atoms with van der Waals surface area (Å²) in [6.45, 7) is 0. The topological polar surface area (TPSA) is 53.1 Å². The number of hydrogen-bond acceptors (Lipinski definition) is 2. The van der Waals surface area contributed by atoms with E-state index < -0.39 is 5.56 Å². The lowest BCUT2D eigenvalue weighted by Gasteiger charge is -2.01. The molecule has 3 nitrogen and oxygen atoms in total. The fraction of sp³-hybridized carbons (Fsp3) is 0.